The maximum absolute atomic E-state index is 6.07. The van der Waals surface area contributed by atoms with E-state index in [-0.39, 0.29) is 0 Å². The Bertz CT molecular complexity index is 554. The summed E-state index contributed by atoms with van der Waals surface area (Å²) in [7, 11) is 1.58. The largest absolute Gasteiger partial charge is 0.495 e. The minimum Gasteiger partial charge on any atom is -0.495 e. The zero-order valence-electron chi connectivity index (χ0n) is 10.2. The van der Waals surface area contributed by atoms with Crippen molar-refractivity contribution in [1.82, 2.24) is 14.8 Å². The van der Waals surface area contributed by atoms with E-state index in [1.807, 2.05) is 12.1 Å². The molecular weight excluding hydrogens is 273 g/mol. The molecule has 0 aliphatic carbocycles. The number of nitrogens with zero attached hydrogens (tertiary/aromatic N) is 3. The Labute approximate surface area is 115 Å². The monoisotopic (exact) mass is 285 g/mol. The molecule has 4 nitrogen and oxygen atoms in total. The summed E-state index contributed by atoms with van der Waals surface area (Å²) < 4.78 is 6.99. The first-order valence-electron chi connectivity index (χ1n) is 5.61. The molecule has 0 atom stereocenters. The lowest BCUT2D eigenvalue weighted by molar-refractivity contribution is 0.415. The van der Waals surface area contributed by atoms with Crippen LogP contribution in [0.2, 0.25) is 10.3 Å². The lowest BCUT2D eigenvalue weighted by atomic mass is 10.2. The van der Waals surface area contributed by atoms with E-state index in [0.717, 1.165) is 24.4 Å². The fourth-order valence-corrected chi connectivity index (χ4v) is 2.15. The summed E-state index contributed by atoms with van der Waals surface area (Å²) in [6.45, 7) is 2.08. The number of hydrogen-bond acceptors (Lipinski definition) is 3. The van der Waals surface area contributed by atoms with Gasteiger partial charge in [-0.15, -0.1) is 10.2 Å². The number of rotatable bonds is 4. The number of halogens is 2. The van der Waals surface area contributed by atoms with E-state index in [1.54, 1.807) is 17.7 Å². The summed E-state index contributed by atoms with van der Waals surface area (Å²) in [4.78, 5) is 0. The van der Waals surface area contributed by atoms with Gasteiger partial charge in [0.1, 0.15) is 11.6 Å². The molecule has 0 bridgehead atoms. The second-order valence-corrected chi connectivity index (χ2v) is 4.53. The Morgan fingerprint density at radius 2 is 2.06 bits per heavy atom. The number of aromatic nitrogens is 3. The summed E-state index contributed by atoms with van der Waals surface area (Å²) in [6.07, 6.45) is 1.78. The lowest BCUT2D eigenvalue weighted by Gasteiger charge is -2.10. The van der Waals surface area contributed by atoms with Crippen molar-refractivity contribution in [1.29, 1.82) is 0 Å². The van der Waals surface area contributed by atoms with Gasteiger partial charge in [0.25, 0.3) is 0 Å². The molecule has 0 aliphatic rings. The summed E-state index contributed by atoms with van der Waals surface area (Å²) in [5, 5.41) is 8.85. The molecule has 0 amide bonds. The highest BCUT2D eigenvalue weighted by Gasteiger charge is 2.13. The Hall–Kier alpha value is -1.26. The first-order chi connectivity index (χ1) is 8.67. The van der Waals surface area contributed by atoms with E-state index in [0.29, 0.717) is 16.1 Å². The van der Waals surface area contributed by atoms with E-state index < -0.39 is 0 Å². The van der Waals surface area contributed by atoms with Crippen molar-refractivity contribution in [2.45, 2.75) is 19.8 Å². The number of ether oxygens (including phenoxy) is 1. The van der Waals surface area contributed by atoms with E-state index in [4.69, 9.17) is 27.9 Å². The fraction of sp³-hybridized carbons (Fsp3) is 0.333. The normalized spacial score (nSPS) is 10.7. The van der Waals surface area contributed by atoms with Crippen LogP contribution in [0.25, 0.3) is 5.69 Å². The Kier molecular flexibility index (Phi) is 4.09. The fourth-order valence-electron chi connectivity index (χ4n) is 1.72. The van der Waals surface area contributed by atoms with Crippen molar-refractivity contribution < 1.29 is 4.74 Å². The van der Waals surface area contributed by atoms with Crippen LogP contribution >= 0.6 is 23.2 Å². The van der Waals surface area contributed by atoms with Crippen molar-refractivity contribution in [3.63, 3.8) is 0 Å². The summed E-state index contributed by atoms with van der Waals surface area (Å²) in [5.74, 6) is 1.42. The first kappa shape index (κ1) is 13.2. The molecule has 1 aromatic carbocycles. The Morgan fingerprint density at radius 1 is 1.28 bits per heavy atom. The first-order valence-corrected chi connectivity index (χ1v) is 6.36. The lowest BCUT2D eigenvalue weighted by Crippen LogP contribution is -2.01. The maximum atomic E-state index is 6.07. The topological polar surface area (TPSA) is 39.9 Å². The second-order valence-electron chi connectivity index (χ2n) is 3.79. The van der Waals surface area contributed by atoms with Gasteiger partial charge in [0.2, 0.25) is 5.28 Å². The van der Waals surface area contributed by atoms with Gasteiger partial charge < -0.3 is 4.74 Å². The van der Waals surface area contributed by atoms with Crippen molar-refractivity contribution in [2.24, 2.45) is 0 Å². The van der Waals surface area contributed by atoms with Gasteiger partial charge in [0, 0.05) is 12.5 Å². The number of methoxy groups -OCH3 is 1. The maximum Gasteiger partial charge on any atom is 0.229 e. The van der Waals surface area contributed by atoms with E-state index in [2.05, 4.69) is 17.1 Å². The molecule has 0 saturated carbocycles. The Morgan fingerprint density at radius 3 is 2.72 bits per heavy atom. The minimum atomic E-state index is 0.336. The molecular formula is C12H13Cl2N3O. The van der Waals surface area contributed by atoms with Gasteiger partial charge in [-0.2, -0.15) is 0 Å². The molecule has 0 saturated heterocycles. The van der Waals surface area contributed by atoms with E-state index >= 15 is 0 Å². The SMILES string of the molecule is CCCc1nnc(Cl)n1-c1ccc(Cl)c(OC)c1. The number of aryl methyl sites for hydroxylation is 1. The van der Waals surface area contributed by atoms with Crippen LogP contribution in [0.15, 0.2) is 18.2 Å². The van der Waals surface area contributed by atoms with Gasteiger partial charge in [-0.25, -0.2) is 0 Å². The molecule has 0 radical (unpaired) electrons. The van der Waals surface area contributed by atoms with Crippen LogP contribution < -0.4 is 4.74 Å². The van der Waals surface area contributed by atoms with Crippen molar-refractivity contribution >= 4 is 23.2 Å². The minimum absolute atomic E-state index is 0.336. The predicted octanol–water partition coefficient (Wildman–Crippen LogP) is 3.54. The highest BCUT2D eigenvalue weighted by Crippen LogP contribution is 2.28. The molecule has 0 spiro atoms. The standard InChI is InChI=1S/C12H13Cl2N3O/c1-3-4-11-15-16-12(14)17(11)8-5-6-9(13)10(7-8)18-2/h5-7H,3-4H2,1-2H3. The van der Waals surface area contributed by atoms with Gasteiger partial charge in [0.05, 0.1) is 17.8 Å². The van der Waals surface area contributed by atoms with Crippen molar-refractivity contribution in [2.75, 3.05) is 7.11 Å². The summed E-state index contributed by atoms with van der Waals surface area (Å²) in [5.41, 5.74) is 0.842. The zero-order chi connectivity index (χ0) is 13.1. The van der Waals surface area contributed by atoms with Crippen molar-refractivity contribution in [3.8, 4) is 11.4 Å². The van der Waals surface area contributed by atoms with Crippen LogP contribution in [-0.4, -0.2) is 21.9 Å². The third-order valence-electron chi connectivity index (χ3n) is 2.56. The number of hydrogen-bond donors (Lipinski definition) is 0. The number of benzene rings is 1. The third kappa shape index (κ3) is 2.44. The molecule has 18 heavy (non-hydrogen) atoms. The highest BCUT2D eigenvalue weighted by atomic mass is 35.5. The van der Waals surface area contributed by atoms with Gasteiger partial charge in [0.15, 0.2) is 0 Å². The summed E-state index contributed by atoms with van der Waals surface area (Å²) >= 11 is 12.1. The highest BCUT2D eigenvalue weighted by molar-refractivity contribution is 6.32. The van der Waals surface area contributed by atoms with Gasteiger partial charge >= 0.3 is 0 Å². The van der Waals surface area contributed by atoms with E-state index in [1.165, 1.54) is 0 Å². The molecule has 0 aliphatic heterocycles. The average Bonchev–Trinajstić information content (AvgIpc) is 2.72. The predicted molar refractivity (Wildman–Crippen MR) is 71.9 cm³/mol. The molecule has 1 aromatic heterocycles. The molecule has 0 fully saturated rings. The van der Waals surface area contributed by atoms with Crippen molar-refractivity contribution in [3.05, 3.63) is 34.3 Å². The quantitative estimate of drug-likeness (QED) is 0.863. The Balaban J connectivity index is 2.51. The van der Waals surface area contributed by atoms with Crippen LogP contribution in [0.3, 0.4) is 0 Å². The van der Waals surface area contributed by atoms with Gasteiger partial charge in [-0.05, 0) is 30.2 Å². The molecule has 0 N–H and O–H groups in total. The van der Waals surface area contributed by atoms with Crippen LogP contribution in [0.4, 0.5) is 0 Å². The zero-order valence-corrected chi connectivity index (χ0v) is 11.7. The van der Waals surface area contributed by atoms with Gasteiger partial charge in [-0.3, -0.25) is 4.57 Å². The molecule has 0 unspecified atom stereocenters. The van der Waals surface area contributed by atoms with Crippen LogP contribution in [0.5, 0.6) is 5.75 Å². The molecule has 2 rings (SSSR count). The van der Waals surface area contributed by atoms with Gasteiger partial charge in [-0.1, -0.05) is 18.5 Å². The van der Waals surface area contributed by atoms with Crippen LogP contribution in [-0.2, 0) is 6.42 Å². The van der Waals surface area contributed by atoms with Crippen LogP contribution in [0.1, 0.15) is 19.2 Å². The summed E-state index contributed by atoms with van der Waals surface area (Å²) in [6, 6.07) is 5.44. The molecule has 6 heteroatoms. The molecule has 2 aromatic rings. The third-order valence-corrected chi connectivity index (χ3v) is 3.11. The molecule has 96 valence electrons. The second kappa shape index (κ2) is 5.59. The van der Waals surface area contributed by atoms with E-state index in [9.17, 15) is 0 Å². The van der Waals surface area contributed by atoms with Crippen LogP contribution in [0, 0.1) is 0 Å². The smallest absolute Gasteiger partial charge is 0.229 e. The molecule has 1 heterocycles. The average molecular weight is 286 g/mol.